The molecule has 1 aliphatic rings. The van der Waals surface area contributed by atoms with E-state index in [9.17, 15) is 14.0 Å². The lowest BCUT2D eigenvalue weighted by atomic mass is 9.95. The minimum absolute atomic E-state index is 0.0256. The van der Waals surface area contributed by atoms with E-state index < -0.39 is 35.0 Å². The number of nitrogens with zero attached hydrogens (tertiary/aromatic N) is 5. The van der Waals surface area contributed by atoms with E-state index in [1.807, 2.05) is 0 Å². The zero-order valence-electron chi connectivity index (χ0n) is 21.0. The SMILES string of the molecule is Cc1nc(-c2c(F)cc(Cl)cc2-c2cnc(C(C)NC(=O)C3(NC(=O)c4nccn4C)COC3)c(F)c2)no1. The summed E-state index contributed by atoms with van der Waals surface area (Å²) in [6.07, 6.45) is 4.39. The first-order chi connectivity index (χ1) is 18.6. The number of aryl methyl sites for hydroxylation is 2. The highest BCUT2D eigenvalue weighted by Gasteiger charge is 2.48. The molecule has 2 amide bonds. The number of rotatable bonds is 7. The lowest BCUT2D eigenvalue weighted by molar-refractivity contribution is -0.147. The van der Waals surface area contributed by atoms with Crippen molar-refractivity contribution in [1.82, 2.24) is 35.3 Å². The van der Waals surface area contributed by atoms with Crippen molar-refractivity contribution in [2.75, 3.05) is 13.2 Å². The van der Waals surface area contributed by atoms with Gasteiger partial charge >= 0.3 is 0 Å². The van der Waals surface area contributed by atoms with Crippen LogP contribution in [0.3, 0.4) is 0 Å². The van der Waals surface area contributed by atoms with Gasteiger partial charge in [0, 0.05) is 43.1 Å². The lowest BCUT2D eigenvalue weighted by Crippen LogP contribution is -2.70. The highest BCUT2D eigenvalue weighted by Crippen LogP contribution is 2.36. The van der Waals surface area contributed by atoms with E-state index in [1.54, 1.807) is 27.1 Å². The van der Waals surface area contributed by atoms with E-state index in [0.717, 1.165) is 12.1 Å². The Hall–Kier alpha value is -4.23. The molecule has 1 atom stereocenters. The van der Waals surface area contributed by atoms with E-state index >= 15 is 4.39 Å². The van der Waals surface area contributed by atoms with E-state index in [-0.39, 0.29) is 58.2 Å². The van der Waals surface area contributed by atoms with Crippen LogP contribution in [0.1, 0.15) is 35.2 Å². The Kier molecular flexibility index (Phi) is 6.87. The first kappa shape index (κ1) is 26.4. The van der Waals surface area contributed by atoms with Crippen molar-refractivity contribution in [3.63, 3.8) is 0 Å². The summed E-state index contributed by atoms with van der Waals surface area (Å²) in [5, 5.41) is 9.20. The van der Waals surface area contributed by atoms with Crippen LogP contribution in [-0.4, -0.2) is 55.2 Å². The zero-order valence-corrected chi connectivity index (χ0v) is 21.7. The molecule has 5 rings (SSSR count). The molecule has 0 aliphatic carbocycles. The number of hydrogen-bond donors (Lipinski definition) is 2. The van der Waals surface area contributed by atoms with Gasteiger partial charge in [-0.3, -0.25) is 14.6 Å². The number of nitrogens with one attached hydrogen (secondary N) is 2. The number of carbonyl (C=O) groups excluding carboxylic acids is 2. The molecule has 4 aromatic rings. The van der Waals surface area contributed by atoms with Crippen molar-refractivity contribution in [3.05, 3.63) is 70.9 Å². The molecule has 4 heterocycles. The molecule has 1 fully saturated rings. The third-order valence-electron chi connectivity index (χ3n) is 6.25. The van der Waals surface area contributed by atoms with Crippen molar-refractivity contribution >= 4 is 23.4 Å². The van der Waals surface area contributed by atoms with Gasteiger partial charge < -0.3 is 24.5 Å². The van der Waals surface area contributed by atoms with Crippen molar-refractivity contribution in [2.24, 2.45) is 7.05 Å². The van der Waals surface area contributed by atoms with Gasteiger partial charge in [-0.25, -0.2) is 13.8 Å². The second-order valence-electron chi connectivity index (χ2n) is 9.12. The monoisotopic (exact) mass is 557 g/mol. The number of carbonyl (C=O) groups is 2. The Morgan fingerprint density at radius 2 is 1.95 bits per heavy atom. The molecule has 202 valence electrons. The number of pyridine rings is 1. The molecule has 1 unspecified atom stereocenters. The predicted octanol–water partition coefficient (Wildman–Crippen LogP) is 3.15. The topological polar surface area (TPSA) is 137 Å². The van der Waals surface area contributed by atoms with Crippen LogP contribution in [-0.2, 0) is 16.6 Å². The van der Waals surface area contributed by atoms with Gasteiger partial charge in [0.25, 0.3) is 11.8 Å². The summed E-state index contributed by atoms with van der Waals surface area (Å²) >= 11 is 6.07. The fourth-order valence-corrected chi connectivity index (χ4v) is 4.38. The Morgan fingerprint density at radius 1 is 1.18 bits per heavy atom. The van der Waals surface area contributed by atoms with Crippen LogP contribution >= 0.6 is 11.6 Å². The van der Waals surface area contributed by atoms with Gasteiger partial charge in [0.2, 0.25) is 11.7 Å². The van der Waals surface area contributed by atoms with Crippen molar-refractivity contribution in [2.45, 2.75) is 25.4 Å². The average Bonchev–Trinajstić information content (AvgIpc) is 3.48. The lowest BCUT2D eigenvalue weighted by Gasteiger charge is -2.40. The molecular weight excluding hydrogens is 536 g/mol. The number of hydrogen-bond acceptors (Lipinski definition) is 8. The molecule has 11 nitrogen and oxygen atoms in total. The second-order valence-corrected chi connectivity index (χ2v) is 9.56. The largest absolute Gasteiger partial charge is 0.375 e. The van der Waals surface area contributed by atoms with Crippen molar-refractivity contribution < 1.29 is 27.6 Å². The normalized spacial score (nSPS) is 14.9. The minimum Gasteiger partial charge on any atom is -0.375 e. The molecule has 39 heavy (non-hydrogen) atoms. The van der Waals surface area contributed by atoms with Crippen LogP contribution in [0, 0.1) is 18.6 Å². The van der Waals surface area contributed by atoms with Gasteiger partial charge in [0.15, 0.2) is 11.4 Å². The standard InChI is InChI=1S/C25H22ClF2N7O4/c1-12(31-24(37)25(10-38-11-25)33-23(36)22-29-4-5-35(22)3)20-18(28)6-14(9-30-20)16-7-15(26)8-17(27)19(16)21-32-13(2)39-34-21/h4-9,12H,10-11H2,1-3H3,(H,31,37)(H,33,36). The van der Waals surface area contributed by atoms with Gasteiger partial charge in [-0.2, -0.15) is 4.98 Å². The number of benzene rings is 1. The maximum absolute atomic E-state index is 15.3. The quantitative estimate of drug-likeness (QED) is 0.353. The van der Waals surface area contributed by atoms with E-state index in [1.165, 1.54) is 23.0 Å². The molecule has 14 heteroatoms. The summed E-state index contributed by atoms with van der Waals surface area (Å²) in [7, 11) is 1.65. The summed E-state index contributed by atoms with van der Waals surface area (Å²) in [5.41, 5.74) is -1.03. The summed E-state index contributed by atoms with van der Waals surface area (Å²) in [6.45, 7) is 2.98. The molecular formula is C25H22ClF2N7O4. The van der Waals surface area contributed by atoms with Crippen LogP contribution in [0.4, 0.5) is 8.78 Å². The van der Waals surface area contributed by atoms with Gasteiger partial charge in [-0.1, -0.05) is 16.8 Å². The van der Waals surface area contributed by atoms with Crippen LogP contribution in [0.5, 0.6) is 0 Å². The third kappa shape index (κ3) is 4.98. The summed E-state index contributed by atoms with van der Waals surface area (Å²) in [5.74, 6) is -2.28. The Balaban J connectivity index is 1.38. The van der Waals surface area contributed by atoms with Crippen LogP contribution in [0.15, 0.2) is 41.3 Å². The summed E-state index contributed by atoms with van der Waals surface area (Å²) in [4.78, 5) is 38.0. The Labute approximate surface area is 225 Å². The second kappa shape index (κ2) is 10.2. The van der Waals surface area contributed by atoms with Gasteiger partial charge in [-0.05, 0) is 30.7 Å². The molecule has 0 spiro atoms. The minimum atomic E-state index is -1.34. The van der Waals surface area contributed by atoms with Gasteiger partial charge in [0.05, 0.1) is 30.5 Å². The smallest absolute Gasteiger partial charge is 0.288 e. The van der Waals surface area contributed by atoms with Gasteiger partial charge in [0.1, 0.15) is 11.6 Å². The highest BCUT2D eigenvalue weighted by atomic mass is 35.5. The van der Waals surface area contributed by atoms with E-state index in [4.69, 9.17) is 20.9 Å². The average molecular weight is 558 g/mol. The Morgan fingerprint density at radius 3 is 2.54 bits per heavy atom. The number of halogens is 3. The molecule has 1 aromatic carbocycles. The first-order valence-electron chi connectivity index (χ1n) is 11.7. The number of imidazole rings is 1. The van der Waals surface area contributed by atoms with Crippen LogP contribution in [0.2, 0.25) is 5.02 Å². The number of aromatic nitrogens is 5. The highest BCUT2D eigenvalue weighted by molar-refractivity contribution is 6.31. The van der Waals surface area contributed by atoms with E-state index in [0.29, 0.717) is 0 Å². The zero-order chi connectivity index (χ0) is 27.9. The number of amides is 2. The molecule has 3 aromatic heterocycles. The Bertz CT molecular complexity index is 1580. The molecule has 1 saturated heterocycles. The number of ether oxygens (including phenoxy) is 1. The molecule has 0 saturated carbocycles. The first-order valence-corrected chi connectivity index (χ1v) is 12.1. The molecule has 2 N–H and O–H groups in total. The van der Waals surface area contributed by atoms with E-state index in [2.05, 4.69) is 30.7 Å². The van der Waals surface area contributed by atoms with Crippen molar-refractivity contribution in [3.8, 4) is 22.5 Å². The van der Waals surface area contributed by atoms with Gasteiger partial charge in [-0.15, -0.1) is 0 Å². The maximum atomic E-state index is 15.3. The molecule has 1 aliphatic heterocycles. The van der Waals surface area contributed by atoms with Crippen LogP contribution < -0.4 is 10.6 Å². The molecule has 0 radical (unpaired) electrons. The van der Waals surface area contributed by atoms with Crippen molar-refractivity contribution in [1.29, 1.82) is 0 Å². The fraction of sp³-hybridized carbons (Fsp3) is 0.280. The molecule has 0 bridgehead atoms. The third-order valence-corrected chi connectivity index (χ3v) is 6.47. The summed E-state index contributed by atoms with van der Waals surface area (Å²) < 4.78 is 41.9. The predicted molar refractivity (Wildman–Crippen MR) is 133 cm³/mol. The fourth-order valence-electron chi connectivity index (χ4n) is 4.17. The van der Waals surface area contributed by atoms with Crippen LogP contribution in [0.25, 0.3) is 22.5 Å². The summed E-state index contributed by atoms with van der Waals surface area (Å²) in [6, 6.07) is 2.80. The maximum Gasteiger partial charge on any atom is 0.288 e.